The fourth-order valence-electron chi connectivity index (χ4n) is 5.77. The quantitative estimate of drug-likeness (QED) is 0.114. The second-order valence-electron chi connectivity index (χ2n) is 13.1. The molecule has 1 heterocycles. The minimum atomic E-state index is -0.584. The van der Waals surface area contributed by atoms with Crippen LogP contribution in [0.5, 0.6) is 0 Å². The third-order valence-corrected chi connectivity index (χ3v) is 8.03. The second-order valence-corrected chi connectivity index (χ2v) is 13.1. The van der Waals surface area contributed by atoms with E-state index in [-0.39, 0.29) is 19.0 Å². The summed E-state index contributed by atoms with van der Waals surface area (Å²) in [5.41, 5.74) is 3.59. The summed E-state index contributed by atoms with van der Waals surface area (Å²) >= 11 is 0. The van der Waals surface area contributed by atoms with Crippen molar-refractivity contribution in [1.29, 1.82) is 0 Å². The summed E-state index contributed by atoms with van der Waals surface area (Å²) in [7, 11) is 0. The third kappa shape index (κ3) is 11.4. The van der Waals surface area contributed by atoms with E-state index in [9.17, 15) is 4.79 Å². The predicted molar refractivity (Wildman–Crippen MR) is 185 cm³/mol. The maximum Gasteiger partial charge on any atom is 0.306 e. The summed E-state index contributed by atoms with van der Waals surface area (Å²) in [5, 5.41) is 0. The highest BCUT2D eigenvalue weighted by Gasteiger charge is 2.48. The van der Waals surface area contributed by atoms with Crippen LogP contribution in [0.2, 0.25) is 0 Å². The van der Waals surface area contributed by atoms with Crippen molar-refractivity contribution < 1.29 is 33.2 Å². The number of ether oxygens (including phenoxy) is 6. The molecule has 1 aliphatic heterocycles. The Morgan fingerprint density at radius 2 is 0.958 bits per heavy atom. The van der Waals surface area contributed by atoms with E-state index in [4.69, 9.17) is 28.4 Å². The molecule has 0 radical (unpaired) electrons. The Kier molecular flexibility index (Phi) is 13.3. The second kappa shape index (κ2) is 18.1. The van der Waals surface area contributed by atoms with Gasteiger partial charge in [-0.1, -0.05) is 121 Å². The number of esters is 1. The van der Waals surface area contributed by atoms with Crippen LogP contribution in [0.15, 0.2) is 121 Å². The lowest BCUT2D eigenvalue weighted by Crippen LogP contribution is -2.61. The van der Waals surface area contributed by atoms with Crippen molar-refractivity contribution in [3.63, 3.8) is 0 Å². The molecule has 0 aliphatic carbocycles. The highest BCUT2D eigenvalue weighted by Crippen LogP contribution is 2.33. The Morgan fingerprint density at radius 1 is 0.562 bits per heavy atom. The molecule has 0 amide bonds. The van der Waals surface area contributed by atoms with Gasteiger partial charge < -0.3 is 28.4 Å². The normalized spacial score (nSPS) is 21.1. The summed E-state index contributed by atoms with van der Waals surface area (Å²) in [6.45, 7) is 7.39. The highest BCUT2D eigenvalue weighted by molar-refractivity contribution is 5.69. The largest absolute Gasteiger partial charge is 0.460 e. The molecular weight excluding hydrogens is 604 g/mol. The van der Waals surface area contributed by atoms with Crippen molar-refractivity contribution in [3.05, 3.63) is 144 Å². The van der Waals surface area contributed by atoms with Crippen molar-refractivity contribution >= 4 is 5.97 Å². The molecule has 0 saturated carbocycles. The highest BCUT2D eigenvalue weighted by atomic mass is 16.6. The third-order valence-electron chi connectivity index (χ3n) is 8.03. The van der Waals surface area contributed by atoms with Gasteiger partial charge in [0.2, 0.25) is 0 Å². The van der Waals surface area contributed by atoms with Gasteiger partial charge in [0, 0.05) is 6.42 Å². The standard InChI is InChI=1S/C41H48O7/c1-41(2,3)48-37(42)25-24-35-38(44-27-32-18-10-5-11-19-32)40(46-29-34-22-14-7-15-23-34)39(45-28-33-20-12-6-13-21-33)36(47-35)30-43-26-31-16-8-4-9-17-31/h4-23,35-36,38-40H,24-30H2,1-3H3/t35-,36-,38+,39-,40-/m1/s1. The first-order chi connectivity index (χ1) is 23.3. The maximum atomic E-state index is 12.9. The first-order valence-corrected chi connectivity index (χ1v) is 16.8. The van der Waals surface area contributed by atoms with E-state index in [0.29, 0.717) is 32.8 Å². The van der Waals surface area contributed by atoms with E-state index in [0.717, 1.165) is 22.3 Å². The molecule has 1 fully saturated rings. The van der Waals surface area contributed by atoms with Gasteiger partial charge in [-0.2, -0.15) is 0 Å². The van der Waals surface area contributed by atoms with Crippen LogP contribution in [0.4, 0.5) is 0 Å². The van der Waals surface area contributed by atoms with Gasteiger partial charge in [0.25, 0.3) is 0 Å². The van der Waals surface area contributed by atoms with Crippen LogP contribution in [0.25, 0.3) is 0 Å². The maximum absolute atomic E-state index is 12.9. The average Bonchev–Trinajstić information content (AvgIpc) is 3.09. The zero-order valence-corrected chi connectivity index (χ0v) is 28.2. The molecule has 0 aromatic heterocycles. The Bertz CT molecular complexity index is 1480. The van der Waals surface area contributed by atoms with Gasteiger partial charge in [-0.15, -0.1) is 0 Å². The van der Waals surface area contributed by atoms with Crippen LogP contribution in [0.1, 0.15) is 55.9 Å². The molecule has 0 unspecified atom stereocenters. The number of hydrogen-bond donors (Lipinski definition) is 0. The number of benzene rings is 4. The van der Waals surface area contributed by atoms with Gasteiger partial charge in [0.1, 0.15) is 30.0 Å². The number of rotatable bonds is 16. The minimum Gasteiger partial charge on any atom is -0.460 e. The molecular formula is C41H48O7. The SMILES string of the molecule is CC(C)(C)OC(=O)CC[C@H]1O[C@H](COCc2ccccc2)[C@@H](OCc2ccccc2)[C@H](OCc2ccccc2)[C@H]1OCc1ccccc1. The summed E-state index contributed by atoms with van der Waals surface area (Å²) in [6, 6.07) is 40.2. The zero-order chi connectivity index (χ0) is 33.6. The molecule has 7 heteroatoms. The summed E-state index contributed by atoms with van der Waals surface area (Å²) in [5.74, 6) is -0.283. The molecule has 7 nitrogen and oxygen atoms in total. The van der Waals surface area contributed by atoms with E-state index in [1.807, 2.05) is 142 Å². The van der Waals surface area contributed by atoms with Crippen LogP contribution in [-0.2, 0) is 59.6 Å². The number of hydrogen-bond acceptors (Lipinski definition) is 7. The Morgan fingerprint density at radius 3 is 1.40 bits per heavy atom. The van der Waals surface area contributed by atoms with Crippen LogP contribution < -0.4 is 0 Å². The zero-order valence-electron chi connectivity index (χ0n) is 28.2. The average molecular weight is 653 g/mol. The Labute approximate surface area is 285 Å². The van der Waals surface area contributed by atoms with Gasteiger partial charge in [-0.25, -0.2) is 0 Å². The molecule has 5 rings (SSSR count). The van der Waals surface area contributed by atoms with Gasteiger partial charge in [0.05, 0.1) is 39.1 Å². The first kappa shape index (κ1) is 35.5. The summed E-state index contributed by atoms with van der Waals surface area (Å²) < 4.78 is 38.9. The van der Waals surface area contributed by atoms with Crippen molar-refractivity contribution in [3.8, 4) is 0 Å². The molecule has 1 saturated heterocycles. The van der Waals surface area contributed by atoms with E-state index in [2.05, 4.69) is 0 Å². The topological polar surface area (TPSA) is 72.5 Å². The molecule has 0 bridgehead atoms. The Hall–Kier alpha value is -3.85. The van der Waals surface area contributed by atoms with Crippen LogP contribution >= 0.6 is 0 Å². The van der Waals surface area contributed by atoms with Gasteiger partial charge in [-0.3, -0.25) is 4.79 Å². The van der Waals surface area contributed by atoms with Gasteiger partial charge in [0.15, 0.2) is 0 Å². The van der Waals surface area contributed by atoms with Crippen molar-refractivity contribution in [2.45, 2.75) is 96.2 Å². The molecule has 254 valence electrons. The molecule has 0 N–H and O–H groups in total. The molecule has 0 spiro atoms. The lowest BCUT2D eigenvalue weighted by atomic mass is 9.91. The van der Waals surface area contributed by atoms with E-state index in [1.165, 1.54) is 0 Å². The molecule has 4 aromatic carbocycles. The van der Waals surface area contributed by atoms with E-state index >= 15 is 0 Å². The monoisotopic (exact) mass is 652 g/mol. The lowest BCUT2D eigenvalue weighted by Gasteiger charge is -2.46. The molecule has 1 aliphatic rings. The molecule has 48 heavy (non-hydrogen) atoms. The van der Waals surface area contributed by atoms with Gasteiger partial charge >= 0.3 is 5.97 Å². The smallest absolute Gasteiger partial charge is 0.306 e. The van der Waals surface area contributed by atoms with Crippen LogP contribution in [-0.4, -0.2) is 48.7 Å². The number of carbonyl (C=O) groups excluding carboxylic acids is 1. The van der Waals surface area contributed by atoms with E-state index in [1.54, 1.807) is 0 Å². The van der Waals surface area contributed by atoms with Crippen LogP contribution in [0, 0.1) is 0 Å². The first-order valence-electron chi connectivity index (χ1n) is 16.8. The fourth-order valence-corrected chi connectivity index (χ4v) is 5.77. The predicted octanol–water partition coefficient (Wildman–Crippen LogP) is 7.85. The van der Waals surface area contributed by atoms with Crippen molar-refractivity contribution in [2.75, 3.05) is 6.61 Å². The lowest BCUT2D eigenvalue weighted by molar-refractivity contribution is -0.273. The Balaban J connectivity index is 1.44. The fraction of sp³-hybridized carbons (Fsp3) is 0.390. The van der Waals surface area contributed by atoms with Crippen LogP contribution in [0.3, 0.4) is 0 Å². The summed E-state index contributed by atoms with van der Waals surface area (Å²) in [4.78, 5) is 12.9. The summed E-state index contributed by atoms with van der Waals surface area (Å²) in [6.07, 6.45) is -2.00. The van der Waals surface area contributed by atoms with Gasteiger partial charge in [-0.05, 0) is 49.4 Å². The van der Waals surface area contributed by atoms with E-state index < -0.39 is 36.1 Å². The van der Waals surface area contributed by atoms with Crippen molar-refractivity contribution in [1.82, 2.24) is 0 Å². The number of carbonyl (C=O) groups is 1. The molecule has 4 aromatic rings. The minimum absolute atomic E-state index is 0.172. The molecule has 5 atom stereocenters. The van der Waals surface area contributed by atoms with Crippen molar-refractivity contribution in [2.24, 2.45) is 0 Å².